The first-order valence-corrected chi connectivity index (χ1v) is 6.33. The fourth-order valence-corrected chi connectivity index (χ4v) is 2.37. The van der Waals surface area contributed by atoms with Crippen LogP contribution in [0.1, 0.15) is 13.8 Å². The molecule has 0 radical (unpaired) electrons. The number of hydrogen-bond donors (Lipinski definition) is 1. The van der Waals surface area contributed by atoms with E-state index in [1.54, 1.807) is 13.8 Å². The molecule has 19 heavy (non-hydrogen) atoms. The van der Waals surface area contributed by atoms with Crippen molar-refractivity contribution in [3.05, 3.63) is 22.2 Å². The quantitative estimate of drug-likeness (QED) is 0.485. The Morgan fingerprint density at radius 1 is 1.53 bits per heavy atom. The largest absolute Gasteiger partial charge is 0.481 e. The van der Waals surface area contributed by atoms with Gasteiger partial charge in [-0.25, -0.2) is 0 Å². The summed E-state index contributed by atoms with van der Waals surface area (Å²) in [5.41, 5.74) is -0.224. The molecule has 7 nitrogen and oxygen atoms in total. The van der Waals surface area contributed by atoms with Crippen LogP contribution in [-0.2, 0) is 4.79 Å². The van der Waals surface area contributed by atoms with Crippen molar-refractivity contribution in [3.63, 3.8) is 0 Å². The van der Waals surface area contributed by atoms with Gasteiger partial charge < -0.3 is 9.84 Å². The maximum atomic E-state index is 11.1. The molecular formula is C11H14N2O5S. The van der Waals surface area contributed by atoms with E-state index in [2.05, 4.69) is 4.98 Å². The Morgan fingerprint density at radius 3 is 2.58 bits per heavy atom. The number of carboxylic acid groups (broad SMARTS) is 1. The molecule has 104 valence electrons. The molecule has 0 saturated carbocycles. The zero-order chi connectivity index (χ0) is 14.6. The van der Waals surface area contributed by atoms with Crippen molar-refractivity contribution in [1.82, 2.24) is 4.98 Å². The van der Waals surface area contributed by atoms with Gasteiger partial charge in [0.05, 0.1) is 12.0 Å². The number of carbonyl (C=O) groups is 1. The molecule has 0 aliphatic carbocycles. The van der Waals surface area contributed by atoms with E-state index in [9.17, 15) is 14.9 Å². The lowest BCUT2D eigenvalue weighted by Crippen LogP contribution is -2.22. The highest BCUT2D eigenvalue weighted by molar-refractivity contribution is 8.00. The molecule has 1 heterocycles. The third kappa shape index (κ3) is 3.82. The molecule has 0 aromatic carbocycles. The number of ether oxygens (including phenoxy) is 1. The summed E-state index contributed by atoms with van der Waals surface area (Å²) in [7, 11) is 1.39. The summed E-state index contributed by atoms with van der Waals surface area (Å²) >= 11 is 0.857. The summed E-state index contributed by atoms with van der Waals surface area (Å²) in [5.74, 6) is -1.00. The van der Waals surface area contributed by atoms with Crippen molar-refractivity contribution >= 4 is 23.4 Å². The SMILES string of the molecule is COc1ccc([N+](=O)[O-])c(SC(C(=O)O)C(C)C)n1. The summed E-state index contributed by atoms with van der Waals surface area (Å²) in [5, 5.41) is 19.3. The van der Waals surface area contributed by atoms with Gasteiger partial charge in [-0.05, 0) is 5.92 Å². The maximum absolute atomic E-state index is 11.1. The van der Waals surface area contributed by atoms with Crippen molar-refractivity contribution in [2.45, 2.75) is 24.1 Å². The highest BCUT2D eigenvalue weighted by Crippen LogP contribution is 2.34. The van der Waals surface area contributed by atoms with E-state index in [1.165, 1.54) is 19.2 Å². The second kappa shape index (κ2) is 6.37. The van der Waals surface area contributed by atoms with Crippen LogP contribution < -0.4 is 4.74 Å². The number of aromatic nitrogens is 1. The van der Waals surface area contributed by atoms with Crippen LogP contribution in [0.2, 0.25) is 0 Å². The van der Waals surface area contributed by atoms with Crippen molar-refractivity contribution in [2.75, 3.05) is 7.11 Å². The predicted octanol–water partition coefficient (Wildman–Crippen LogP) is 2.20. The Kier molecular flexibility index (Phi) is 5.11. The monoisotopic (exact) mass is 286 g/mol. The van der Waals surface area contributed by atoms with Gasteiger partial charge in [0.15, 0.2) is 5.03 Å². The predicted molar refractivity (Wildman–Crippen MR) is 69.6 cm³/mol. The fourth-order valence-electron chi connectivity index (χ4n) is 1.35. The number of hydrogen-bond acceptors (Lipinski definition) is 6. The minimum absolute atomic E-state index is 0.0467. The number of nitrogens with zero attached hydrogens (tertiary/aromatic N) is 2. The van der Waals surface area contributed by atoms with Gasteiger partial charge in [-0.15, -0.1) is 0 Å². The number of pyridine rings is 1. The molecule has 1 N–H and O–H groups in total. The van der Waals surface area contributed by atoms with E-state index >= 15 is 0 Å². The Bertz CT molecular complexity index is 492. The summed E-state index contributed by atoms with van der Waals surface area (Å²) in [6, 6.07) is 2.63. The number of carboxylic acids is 1. The summed E-state index contributed by atoms with van der Waals surface area (Å²) in [6.07, 6.45) is 0. The molecule has 1 aromatic rings. The molecule has 0 fully saturated rings. The van der Waals surface area contributed by atoms with Gasteiger partial charge in [0.25, 0.3) is 0 Å². The molecule has 1 unspecified atom stereocenters. The van der Waals surface area contributed by atoms with E-state index < -0.39 is 16.1 Å². The van der Waals surface area contributed by atoms with Crippen molar-refractivity contribution in [2.24, 2.45) is 5.92 Å². The lowest BCUT2D eigenvalue weighted by molar-refractivity contribution is -0.388. The number of rotatable bonds is 6. The molecule has 0 spiro atoms. The van der Waals surface area contributed by atoms with Crippen LogP contribution in [0, 0.1) is 16.0 Å². The van der Waals surface area contributed by atoms with Crippen molar-refractivity contribution in [1.29, 1.82) is 0 Å². The van der Waals surface area contributed by atoms with E-state index in [4.69, 9.17) is 9.84 Å². The average molecular weight is 286 g/mol. The first kappa shape index (κ1) is 15.2. The lowest BCUT2D eigenvalue weighted by Gasteiger charge is -2.15. The van der Waals surface area contributed by atoms with Gasteiger partial charge in [0.2, 0.25) is 5.88 Å². The molecule has 1 rings (SSSR count). The van der Waals surface area contributed by atoms with Gasteiger partial charge in [-0.1, -0.05) is 25.6 Å². The normalized spacial score (nSPS) is 12.2. The van der Waals surface area contributed by atoms with Gasteiger partial charge in [-0.3, -0.25) is 14.9 Å². The standard InChI is InChI=1S/C11H14N2O5S/c1-6(2)9(11(14)15)19-10-7(13(16)17)4-5-8(12-10)18-3/h4-6,9H,1-3H3,(H,14,15). The van der Waals surface area contributed by atoms with Crippen LogP contribution >= 0.6 is 11.8 Å². The van der Waals surface area contributed by atoms with Gasteiger partial charge in [0, 0.05) is 12.1 Å². The Balaban J connectivity index is 3.15. The van der Waals surface area contributed by atoms with Gasteiger partial charge >= 0.3 is 11.7 Å². The van der Waals surface area contributed by atoms with Crippen molar-refractivity contribution in [3.8, 4) is 5.88 Å². The van der Waals surface area contributed by atoms with Crippen molar-refractivity contribution < 1.29 is 19.6 Å². The molecule has 1 aromatic heterocycles. The van der Waals surface area contributed by atoms with Crippen LogP contribution in [0.3, 0.4) is 0 Å². The summed E-state index contributed by atoms with van der Waals surface area (Å²) in [6.45, 7) is 3.47. The highest BCUT2D eigenvalue weighted by atomic mass is 32.2. The summed E-state index contributed by atoms with van der Waals surface area (Å²) in [4.78, 5) is 25.4. The fraction of sp³-hybridized carbons (Fsp3) is 0.455. The summed E-state index contributed by atoms with van der Waals surface area (Å²) < 4.78 is 4.90. The molecule has 0 amide bonds. The molecule has 0 bridgehead atoms. The zero-order valence-electron chi connectivity index (χ0n) is 10.7. The van der Waals surface area contributed by atoms with E-state index in [0.29, 0.717) is 0 Å². The van der Waals surface area contributed by atoms with Crippen LogP contribution in [0.25, 0.3) is 0 Å². The lowest BCUT2D eigenvalue weighted by atomic mass is 10.1. The van der Waals surface area contributed by atoms with E-state index in [1.807, 2.05) is 0 Å². The van der Waals surface area contributed by atoms with Crippen LogP contribution in [0.4, 0.5) is 5.69 Å². The molecule has 8 heteroatoms. The highest BCUT2D eigenvalue weighted by Gasteiger charge is 2.28. The minimum atomic E-state index is -1.03. The molecular weight excluding hydrogens is 272 g/mol. The second-order valence-corrected chi connectivity index (χ2v) is 5.19. The minimum Gasteiger partial charge on any atom is -0.481 e. The first-order chi connectivity index (χ1) is 8.86. The zero-order valence-corrected chi connectivity index (χ0v) is 11.5. The van der Waals surface area contributed by atoms with Crippen LogP contribution in [-0.4, -0.2) is 33.3 Å². The van der Waals surface area contributed by atoms with Crippen LogP contribution in [0.15, 0.2) is 17.2 Å². The van der Waals surface area contributed by atoms with Gasteiger partial charge in [-0.2, -0.15) is 4.98 Å². The number of nitro groups is 1. The third-order valence-electron chi connectivity index (χ3n) is 2.31. The average Bonchev–Trinajstić information content (AvgIpc) is 2.34. The Hall–Kier alpha value is -1.83. The number of aliphatic carboxylic acids is 1. The second-order valence-electron chi connectivity index (χ2n) is 4.06. The van der Waals surface area contributed by atoms with Gasteiger partial charge in [0.1, 0.15) is 5.25 Å². The molecule has 0 aliphatic heterocycles. The number of thioether (sulfide) groups is 1. The topological polar surface area (TPSA) is 103 Å². The Labute approximate surface area is 114 Å². The number of methoxy groups -OCH3 is 1. The Morgan fingerprint density at radius 2 is 2.16 bits per heavy atom. The molecule has 0 aliphatic rings. The smallest absolute Gasteiger partial charge is 0.317 e. The third-order valence-corrected chi connectivity index (χ3v) is 3.83. The van der Waals surface area contributed by atoms with E-state index in [-0.39, 0.29) is 22.5 Å². The van der Waals surface area contributed by atoms with Crippen LogP contribution in [0.5, 0.6) is 5.88 Å². The molecule has 0 saturated heterocycles. The van der Waals surface area contributed by atoms with E-state index in [0.717, 1.165) is 11.8 Å². The maximum Gasteiger partial charge on any atom is 0.317 e. The first-order valence-electron chi connectivity index (χ1n) is 5.45. The molecule has 1 atom stereocenters.